The number of nitrogens with one attached hydrogen (secondary N) is 1. The highest BCUT2D eigenvalue weighted by Crippen LogP contribution is 2.30. The Morgan fingerprint density at radius 3 is 2.83 bits per heavy atom. The van der Waals surface area contributed by atoms with Crippen molar-refractivity contribution in [2.75, 3.05) is 13.1 Å². The average molecular weight is 334 g/mol. The van der Waals surface area contributed by atoms with Crippen LogP contribution in [0.5, 0.6) is 0 Å². The van der Waals surface area contributed by atoms with E-state index in [0.717, 1.165) is 19.3 Å². The number of aryl methyl sites for hydroxylation is 1. The van der Waals surface area contributed by atoms with Crippen LogP contribution in [0.2, 0.25) is 0 Å². The second kappa shape index (κ2) is 6.11. The van der Waals surface area contributed by atoms with E-state index in [-0.39, 0.29) is 18.6 Å². The Labute approximate surface area is 142 Å². The predicted octanol–water partition coefficient (Wildman–Crippen LogP) is 1.83. The normalized spacial score (nSPS) is 26.5. The van der Waals surface area contributed by atoms with Crippen LogP contribution in [0.1, 0.15) is 50.9 Å². The SMILES string of the molecule is CC(C)n1ncc2c1CC(NC(=O)N1CCC(C)(C(=O)O)C1)CC2. The molecular weight excluding hydrogens is 308 g/mol. The third kappa shape index (κ3) is 2.99. The molecule has 1 saturated heterocycles. The summed E-state index contributed by atoms with van der Waals surface area (Å²) in [5.74, 6) is -0.832. The highest BCUT2D eigenvalue weighted by atomic mass is 16.4. The summed E-state index contributed by atoms with van der Waals surface area (Å²) in [5.41, 5.74) is 1.65. The van der Waals surface area contributed by atoms with Crippen molar-refractivity contribution < 1.29 is 14.7 Å². The van der Waals surface area contributed by atoms with Gasteiger partial charge < -0.3 is 15.3 Å². The number of amides is 2. The first-order valence-corrected chi connectivity index (χ1v) is 8.64. The van der Waals surface area contributed by atoms with Crippen molar-refractivity contribution in [2.45, 2.75) is 58.5 Å². The molecule has 1 fully saturated rings. The molecule has 0 saturated carbocycles. The van der Waals surface area contributed by atoms with Gasteiger partial charge in [0.2, 0.25) is 0 Å². The van der Waals surface area contributed by atoms with Gasteiger partial charge in [-0.3, -0.25) is 9.48 Å². The van der Waals surface area contributed by atoms with Crippen LogP contribution in [0.15, 0.2) is 6.20 Å². The molecule has 132 valence electrons. The van der Waals surface area contributed by atoms with Crippen LogP contribution >= 0.6 is 0 Å². The minimum atomic E-state index is -0.832. The minimum Gasteiger partial charge on any atom is -0.481 e. The van der Waals surface area contributed by atoms with Crippen LogP contribution in [0, 0.1) is 5.41 Å². The number of carboxylic acids is 1. The van der Waals surface area contributed by atoms with Gasteiger partial charge in [-0.25, -0.2) is 4.79 Å². The lowest BCUT2D eigenvalue weighted by Crippen LogP contribution is -2.47. The predicted molar refractivity (Wildman–Crippen MR) is 88.9 cm³/mol. The molecule has 0 bridgehead atoms. The fourth-order valence-electron chi connectivity index (χ4n) is 3.66. The second-order valence-electron chi connectivity index (χ2n) is 7.58. The van der Waals surface area contributed by atoms with Gasteiger partial charge in [0.15, 0.2) is 0 Å². The maximum atomic E-state index is 12.5. The van der Waals surface area contributed by atoms with Crippen molar-refractivity contribution in [1.82, 2.24) is 20.0 Å². The number of carbonyl (C=O) groups is 2. The zero-order valence-corrected chi connectivity index (χ0v) is 14.6. The Morgan fingerprint density at radius 1 is 1.46 bits per heavy atom. The first kappa shape index (κ1) is 16.8. The Hall–Kier alpha value is -2.05. The van der Waals surface area contributed by atoms with Gasteiger partial charge in [0, 0.05) is 37.3 Å². The Bertz CT molecular complexity index is 654. The van der Waals surface area contributed by atoms with Crippen molar-refractivity contribution >= 4 is 12.0 Å². The molecule has 0 spiro atoms. The van der Waals surface area contributed by atoms with E-state index in [9.17, 15) is 14.7 Å². The summed E-state index contributed by atoms with van der Waals surface area (Å²) in [5, 5.41) is 16.8. The van der Waals surface area contributed by atoms with Crippen LogP contribution in [0.25, 0.3) is 0 Å². The van der Waals surface area contributed by atoms with Gasteiger partial charge in [-0.15, -0.1) is 0 Å². The third-order valence-electron chi connectivity index (χ3n) is 5.28. The molecule has 1 aliphatic carbocycles. The molecule has 0 aromatic carbocycles. The quantitative estimate of drug-likeness (QED) is 0.883. The average Bonchev–Trinajstić information content (AvgIpc) is 3.11. The molecule has 2 aliphatic rings. The topological polar surface area (TPSA) is 87.5 Å². The van der Waals surface area contributed by atoms with Gasteiger partial charge >= 0.3 is 12.0 Å². The molecule has 2 amide bonds. The molecule has 7 nitrogen and oxygen atoms in total. The van der Waals surface area contributed by atoms with Gasteiger partial charge in [-0.2, -0.15) is 5.10 Å². The Kier molecular flexibility index (Phi) is 4.27. The summed E-state index contributed by atoms with van der Waals surface area (Å²) in [6.45, 7) is 6.68. The second-order valence-corrected chi connectivity index (χ2v) is 7.58. The number of likely N-dealkylation sites (tertiary alicyclic amines) is 1. The van der Waals surface area contributed by atoms with Gasteiger partial charge in [-0.1, -0.05) is 0 Å². The number of aliphatic carboxylic acids is 1. The molecule has 2 heterocycles. The minimum absolute atomic E-state index is 0.0795. The molecule has 1 aliphatic heterocycles. The van der Waals surface area contributed by atoms with Gasteiger partial charge in [0.05, 0.1) is 11.6 Å². The zero-order valence-electron chi connectivity index (χ0n) is 14.6. The molecule has 24 heavy (non-hydrogen) atoms. The molecule has 3 rings (SSSR count). The summed E-state index contributed by atoms with van der Waals surface area (Å²) in [7, 11) is 0. The number of aromatic nitrogens is 2. The Morgan fingerprint density at radius 2 is 2.21 bits per heavy atom. The van der Waals surface area contributed by atoms with Crippen molar-refractivity contribution in [3.05, 3.63) is 17.5 Å². The van der Waals surface area contributed by atoms with Crippen LogP contribution in [-0.2, 0) is 17.6 Å². The van der Waals surface area contributed by atoms with Crippen molar-refractivity contribution in [1.29, 1.82) is 0 Å². The number of fused-ring (bicyclic) bond motifs is 1. The van der Waals surface area contributed by atoms with Crippen LogP contribution < -0.4 is 5.32 Å². The number of hydrogen-bond donors (Lipinski definition) is 2. The lowest BCUT2D eigenvalue weighted by atomic mass is 9.90. The summed E-state index contributed by atoms with van der Waals surface area (Å²) in [4.78, 5) is 25.4. The van der Waals surface area contributed by atoms with E-state index in [1.807, 2.05) is 10.9 Å². The number of nitrogens with zero attached hydrogens (tertiary/aromatic N) is 3. The largest absolute Gasteiger partial charge is 0.481 e. The number of carbonyl (C=O) groups excluding carboxylic acids is 1. The van der Waals surface area contributed by atoms with Gasteiger partial charge in [0.1, 0.15) is 0 Å². The smallest absolute Gasteiger partial charge is 0.317 e. The fourth-order valence-corrected chi connectivity index (χ4v) is 3.66. The number of urea groups is 1. The zero-order chi connectivity index (χ0) is 17.5. The maximum Gasteiger partial charge on any atom is 0.317 e. The van der Waals surface area contributed by atoms with Crippen molar-refractivity contribution in [3.63, 3.8) is 0 Å². The Balaban J connectivity index is 1.62. The van der Waals surface area contributed by atoms with E-state index in [1.165, 1.54) is 11.3 Å². The first-order valence-electron chi connectivity index (χ1n) is 8.64. The van der Waals surface area contributed by atoms with Crippen LogP contribution in [0.3, 0.4) is 0 Å². The fraction of sp³-hybridized carbons (Fsp3) is 0.706. The molecule has 2 atom stereocenters. The molecule has 7 heteroatoms. The molecule has 0 radical (unpaired) electrons. The molecule has 1 aromatic rings. The van der Waals surface area contributed by atoms with E-state index >= 15 is 0 Å². The molecular formula is C17H26N4O3. The van der Waals surface area contributed by atoms with Crippen LogP contribution in [0.4, 0.5) is 4.79 Å². The standard InChI is InChI=1S/C17H26N4O3/c1-11(2)21-14-8-13(5-4-12(14)9-18-21)19-16(24)20-7-6-17(3,10-20)15(22)23/h9,11,13H,4-8,10H2,1-3H3,(H,19,24)(H,22,23). The van der Waals surface area contributed by atoms with Gasteiger partial charge in [0.25, 0.3) is 0 Å². The molecule has 1 aromatic heterocycles. The summed E-state index contributed by atoms with van der Waals surface area (Å²) in [6, 6.07) is 0.234. The van der Waals surface area contributed by atoms with Gasteiger partial charge in [-0.05, 0) is 45.6 Å². The van der Waals surface area contributed by atoms with E-state index < -0.39 is 11.4 Å². The first-order chi connectivity index (χ1) is 11.3. The van der Waals surface area contributed by atoms with Crippen molar-refractivity contribution in [2.24, 2.45) is 5.41 Å². The van der Waals surface area contributed by atoms with E-state index in [2.05, 4.69) is 24.3 Å². The highest BCUT2D eigenvalue weighted by molar-refractivity contribution is 5.79. The summed E-state index contributed by atoms with van der Waals surface area (Å²) in [6.07, 6.45) is 5.03. The lowest BCUT2D eigenvalue weighted by Gasteiger charge is -2.28. The monoisotopic (exact) mass is 334 g/mol. The number of carboxylic acid groups (broad SMARTS) is 1. The van der Waals surface area contributed by atoms with E-state index in [0.29, 0.717) is 19.0 Å². The molecule has 2 N–H and O–H groups in total. The summed E-state index contributed by atoms with van der Waals surface area (Å²) < 4.78 is 2.03. The van der Waals surface area contributed by atoms with E-state index in [1.54, 1.807) is 11.8 Å². The third-order valence-corrected chi connectivity index (χ3v) is 5.28. The van der Waals surface area contributed by atoms with E-state index in [4.69, 9.17) is 0 Å². The number of hydrogen-bond acceptors (Lipinski definition) is 3. The lowest BCUT2D eigenvalue weighted by molar-refractivity contribution is -0.147. The molecule has 2 unspecified atom stereocenters. The van der Waals surface area contributed by atoms with Crippen molar-refractivity contribution in [3.8, 4) is 0 Å². The number of rotatable bonds is 3. The summed E-state index contributed by atoms with van der Waals surface area (Å²) >= 11 is 0. The van der Waals surface area contributed by atoms with Crippen LogP contribution in [-0.4, -0.2) is 50.9 Å². The maximum absolute atomic E-state index is 12.5. The highest BCUT2D eigenvalue weighted by Gasteiger charge is 2.42.